The van der Waals surface area contributed by atoms with Crippen LogP contribution >= 0.6 is 0 Å². The van der Waals surface area contributed by atoms with Gasteiger partial charge in [-0.2, -0.15) is 0 Å². The molecule has 2 rings (SSSR count). The zero-order chi connectivity index (χ0) is 11.1. The van der Waals surface area contributed by atoms with Crippen LogP contribution < -0.4 is 5.73 Å². The van der Waals surface area contributed by atoms with Crippen LogP contribution in [0.15, 0.2) is 12.1 Å². The molecule has 0 radical (unpaired) electrons. The Kier molecular flexibility index (Phi) is 2.55. The van der Waals surface area contributed by atoms with E-state index in [2.05, 4.69) is 0 Å². The fourth-order valence-corrected chi connectivity index (χ4v) is 2.80. The van der Waals surface area contributed by atoms with E-state index in [1.165, 1.54) is 0 Å². The first-order valence-electron chi connectivity index (χ1n) is 5.59. The fraction of sp³-hybridized carbons (Fsp3) is 0.538. The molecule has 2 N–H and O–H groups in total. The summed E-state index contributed by atoms with van der Waals surface area (Å²) in [5.74, 6) is -0.128. The van der Waals surface area contributed by atoms with E-state index in [1.54, 1.807) is 6.07 Å². The number of benzene rings is 1. The molecule has 1 aromatic carbocycles. The van der Waals surface area contributed by atoms with Gasteiger partial charge in [-0.25, -0.2) is 4.39 Å². The van der Waals surface area contributed by atoms with Crippen molar-refractivity contribution in [2.24, 2.45) is 5.73 Å². The summed E-state index contributed by atoms with van der Waals surface area (Å²) >= 11 is 0. The second kappa shape index (κ2) is 3.60. The van der Waals surface area contributed by atoms with Gasteiger partial charge in [0.25, 0.3) is 0 Å². The normalized spacial score (nSPS) is 19.5. The molecule has 1 fully saturated rings. The molecule has 0 saturated heterocycles. The van der Waals surface area contributed by atoms with Crippen molar-refractivity contribution < 1.29 is 4.39 Å². The summed E-state index contributed by atoms with van der Waals surface area (Å²) in [5, 5.41) is 0. The van der Waals surface area contributed by atoms with Crippen LogP contribution in [0.1, 0.15) is 42.4 Å². The minimum atomic E-state index is -0.415. The van der Waals surface area contributed by atoms with E-state index in [1.807, 2.05) is 19.9 Å². The van der Waals surface area contributed by atoms with Gasteiger partial charge in [0.15, 0.2) is 0 Å². The lowest BCUT2D eigenvalue weighted by atomic mass is 9.85. The first-order valence-corrected chi connectivity index (χ1v) is 5.59. The second-order valence-electron chi connectivity index (χ2n) is 4.80. The number of halogens is 1. The van der Waals surface area contributed by atoms with Gasteiger partial charge in [-0.05, 0) is 43.9 Å². The average Bonchev–Trinajstić information content (AvgIpc) is 2.50. The van der Waals surface area contributed by atoms with Crippen LogP contribution in [0.4, 0.5) is 4.39 Å². The Labute approximate surface area is 90.5 Å². The lowest BCUT2D eigenvalue weighted by Gasteiger charge is -2.27. The molecular formula is C13H18FN. The Morgan fingerprint density at radius 3 is 2.33 bits per heavy atom. The largest absolute Gasteiger partial charge is 0.321 e. The van der Waals surface area contributed by atoms with Gasteiger partial charge in [-0.3, -0.25) is 0 Å². The topological polar surface area (TPSA) is 26.0 Å². The molecule has 1 aliphatic carbocycles. The first kappa shape index (κ1) is 10.6. The van der Waals surface area contributed by atoms with Crippen LogP contribution in [-0.2, 0) is 5.54 Å². The number of nitrogens with two attached hydrogens (primary N) is 1. The highest BCUT2D eigenvalue weighted by Gasteiger charge is 2.34. The van der Waals surface area contributed by atoms with Crippen LogP contribution in [0, 0.1) is 19.7 Å². The summed E-state index contributed by atoms with van der Waals surface area (Å²) in [7, 11) is 0. The summed E-state index contributed by atoms with van der Waals surface area (Å²) in [6.45, 7) is 3.87. The van der Waals surface area contributed by atoms with E-state index in [-0.39, 0.29) is 5.82 Å². The van der Waals surface area contributed by atoms with Crippen LogP contribution in [0.2, 0.25) is 0 Å². The number of rotatable bonds is 1. The smallest absolute Gasteiger partial charge is 0.128 e. The number of aryl methyl sites for hydroxylation is 2. The van der Waals surface area contributed by atoms with Crippen molar-refractivity contribution >= 4 is 0 Å². The molecule has 82 valence electrons. The summed E-state index contributed by atoms with van der Waals surface area (Å²) in [6, 6.07) is 3.61. The van der Waals surface area contributed by atoms with Gasteiger partial charge in [-0.15, -0.1) is 0 Å². The van der Waals surface area contributed by atoms with Crippen molar-refractivity contribution in [2.75, 3.05) is 0 Å². The van der Waals surface area contributed by atoms with Gasteiger partial charge >= 0.3 is 0 Å². The van der Waals surface area contributed by atoms with Gasteiger partial charge in [0.2, 0.25) is 0 Å². The third kappa shape index (κ3) is 1.78. The van der Waals surface area contributed by atoms with Crippen LogP contribution in [-0.4, -0.2) is 0 Å². The number of hydrogen-bond acceptors (Lipinski definition) is 1. The molecule has 0 spiro atoms. The van der Waals surface area contributed by atoms with Crippen molar-refractivity contribution in [1.29, 1.82) is 0 Å². The first-order chi connectivity index (χ1) is 7.03. The van der Waals surface area contributed by atoms with Crippen LogP contribution in [0.25, 0.3) is 0 Å². The van der Waals surface area contributed by atoms with Gasteiger partial charge in [0.1, 0.15) is 5.82 Å². The predicted octanol–water partition coefficient (Wildman–Crippen LogP) is 3.17. The highest BCUT2D eigenvalue weighted by molar-refractivity contribution is 5.37. The maximum Gasteiger partial charge on any atom is 0.128 e. The zero-order valence-electron chi connectivity index (χ0n) is 9.44. The van der Waals surface area contributed by atoms with Crippen molar-refractivity contribution in [3.63, 3.8) is 0 Å². The van der Waals surface area contributed by atoms with Crippen LogP contribution in [0.3, 0.4) is 0 Å². The van der Waals surface area contributed by atoms with E-state index in [9.17, 15) is 4.39 Å². The lowest BCUT2D eigenvalue weighted by Crippen LogP contribution is -2.35. The molecule has 0 heterocycles. The maximum absolute atomic E-state index is 13.9. The Morgan fingerprint density at radius 1 is 1.20 bits per heavy atom. The Balaban J connectivity index is 2.52. The van der Waals surface area contributed by atoms with Gasteiger partial charge in [0, 0.05) is 11.1 Å². The third-order valence-electron chi connectivity index (χ3n) is 3.43. The molecule has 0 unspecified atom stereocenters. The van der Waals surface area contributed by atoms with Crippen molar-refractivity contribution in [2.45, 2.75) is 45.1 Å². The molecular weight excluding hydrogens is 189 g/mol. The highest BCUT2D eigenvalue weighted by Crippen LogP contribution is 2.39. The Morgan fingerprint density at radius 2 is 1.80 bits per heavy atom. The third-order valence-corrected chi connectivity index (χ3v) is 3.43. The van der Waals surface area contributed by atoms with Crippen molar-refractivity contribution in [3.05, 3.63) is 34.6 Å². The fourth-order valence-electron chi connectivity index (χ4n) is 2.80. The Hall–Kier alpha value is -0.890. The molecule has 0 bridgehead atoms. The minimum Gasteiger partial charge on any atom is -0.321 e. The molecule has 1 aromatic rings. The zero-order valence-corrected chi connectivity index (χ0v) is 9.44. The molecule has 0 aliphatic heterocycles. The minimum absolute atomic E-state index is 0.128. The van der Waals surface area contributed by atoms with Gasteiger partial charge in [0.05, 0.1) is 0 Å². The van der Waals surface area contributed by atoms with E-state index in [0.29, 0.717) is 0 Å². The lowest BCUT2D eigenvalue weighted by molar-refractivity contribution is 0.430. The van der Waals surface area contributed by atoms with Gasteiger partial charge in [-0.1, -0.05) is 18.9 Å². The maximum atomic E-state index is 13.9. The molecule has 0 amide bonds. The van der Waals surface area contributed by atoms with E-state index < -0.39 is 5.54 Å². The quantitative estimate of drug-likeness (QED) is 0.752. The Bertz CT molecular complexity index is 355. The van der Waals surface area contributed by atoms with E-state index in [4.69, 9.17) is 5.73 Å². The predicted molar refractivity (Wildman–Crippen MR) is 60.2 cm³/mol. The van der Waals surface area contributed by atoms with Crippen molar-refractivity contribution in [1.82, 2.24) is 0 Å². The SMILES string of the molecule is Cc1cc(C)c(C2(N)CCCC2)c(F)c1. The molecule has 1 aliphatic rings. The molecule has 0 atom stereocenters. The summed E-state index contributed by atoms with van der Waals surface area (Å²) in [4.78, 5) is 0. The summed E-state index contributed by atoms with van der Waals surface area (Å²) < 4.78 is 13.9. The highest BCUT2D eigenvalue weighted by atomic mass is 19.1. The van der Waals surface area contributed by atoms with E-state index >= 15 is 0 Å². The van der Waals surface area contributed by atoms with Crippen LogP contribution in [0.5, 0.6) is 0 Å². The molecule has 0 aromatic heterocycles. The number of hydrogen-bond donors (Lipinski definition) is 1. The van der Waals surface area contributed by atoms with Crippen molar-refractivity contribution in [3.8, 4) is 0 Å². The van der Waals surface area contributed by atoms with Gasteiger partial charge < -0.3 is 5.73 Å². The van der Waals surface area contributed by atoms with E-state index in [0.717, 1.165) is 42.4 Å². The second-order valence-corrected chi connectivity index (χ2v) is 4.80. The molecule has 1 saturated carbocycles. The monoisotopic (exact) mass is 207 g/mol. The molecule has 2 heteroatoms. The standard InChI is InChI=1S/C13H18FN/c1-9-7-10(2)12(11(14)8-9)13(15)5-3-4-6-13/h7-8H,3-6,15H2,1-2H3. The summed E-state index contributed by atoms with van der Waals surface area (Å²) in [6.07, 6.45) is 4.05. The molecule has 1 nitrogen and oxygen atoms in total. The summed E-state index contributed by atoms with van der Waals surface area (Å²) in [5.41, 5.74) is 8.58. The average molecular weight is 207 g/mol. The molecule has 15 heavy (non-hydrogen) atoms.